The van der Waals surface area contributed by atoms with Crippen molar-refractivity contribution in [3.05, 3.63) is 35.6 Å². The molecule has 0 saturated carbocycles. The average Bonchev–Trinajstić information content (AvgIpc) is 3.09. The number of anilines is 1. The van der Waals surface area contributed by atoms with Gasteiger partial charge in [0.1, 0.15) is 11.5 Å². The summed E-state index contributed by atoms with van der Waals surface area (Å²) in [6.07, 6.45) is 10.9. The van der Waals surface area contributed by atoms with Crippen molar-refractivity contribution in [3.8, 4) is 22.9 Å². The lowest BCUT2D eigenvalue weighted by atomic mass is 10.2. The number of aromatic nitrogens is 3. The van der Waals surface area contributed by atoms with Gasteiger partial charge >= 0.3 is 0 Å². The van der Waals surface area contributed by atoms with E-state index in [2.05, 4.69) is 35.1 Å². The number of thiophene rings is 1. The van der Waals surface area contributed by atoms with Crippen LogP contribution in [0.5, 0.6) is 0 Å². The van der Waals surface area contributed by atoms with Crippen molar-refractivity contribution in [2.24, 2.45) is 5.92 Å². The predicted molar refractivity (Wildman–Crippen MR) is 87.6 cm³/mol. The Morgan fingerprint density at radius 3 is 3.00 bits per heavy atom. The topological polar surface area (TPSA) is 42.2 Å². The minimum atomic E-state index is 0.551. The largest absolute Gasteiger partial charge is 0.369 e. The molecule has 0 fully saturated rings. The molecule has 0 aromatic carbocycles. The Hall–Kier alpha value is -2.32. The van der Waals surface area contributed by atoms with E-state index >= 15 is 0 Å². The molecular formula is C16H16N4S. The highest BCUT2D eigenvalue weighted by Crippen LogP contribution is 2.33. The molecule has 0 atom stereocenters. The first-order valence-electron chi connectivity index (χ1n) is 6.82. The summed E-state index contributed by atoms with van der Waals surface area (Å²) in [5.74, 6) is 4.21. The molecule has 0 amide bonds. The van der Waals surface area contributed by atoms with Crippen molar-refractivity contribution in [2.75, 3.05) is 11.9 Å². The Labute approximate surface area is 127 Å². The summed E-state index contributed by atoms with van der Waals surface area (Å²) in [5, 5.41) is 3.49. The third-order valence-electron chi connectivity index (χ3n) is 3.09. The maximum atomic E-state index is 5.46. The zero-order chi connectivity index (χ0) is 14.8. The van der Waals surface area contributed by atoms with Crippen molar-refractivity contribution >= 4 is 22.8 Å². The standard InChI is InChI=1S/C16H16N4S/c1-4-12-5-6-13(21-12)15-16(18-9-11(2)3)20-8-7-17-10-14(20)19-15/h1,5-8,10-11,18H,9H2,2-3H3. The zero-order valence-corrected chi connectivity index (χ0v) is 12.8. The average molecular weight is 296 g/mol. The van der Waals surface area contributed by atoms with E-state index in [4.69, 9.17) is 6.42 Å². The number of imidazole rings is 1. The molecular weight excluding hydrogens is 280 g/mol. The van der Waals surface area contributed by atoms with Crippen LogP contribution < -0.4 is 5.32 Å². The highest BCUT2D eigenvalue weighted by atomic mass is 32.1. The van der Waals surface area contributed by atoms with E-state index in [-0.39, 0.29) is 0 Å². The summed E-state index contributed by atoms with van der Waals surface area (Å²) in [6.45, 7) is 5.24. The third kappa shape index (κ3) is 2.63. The summed E-state index contributed by atoms with van der Waals surface area (Å²) in [5.41, 5.74) is 1.75. The molecule has 0 aliphatic heterocycles. The van der Waals surface area contributed by atoms with E-state index in [0.717, 1.165) is 33.5 Å². The lowest BCUT2D eigenvalue weighted by molar-refractivity contribution is 0.686. The molecule has 106 valence electrons. The van der Waals surface area contributed by atoms with Crippen LogP contribution in [0.1, 0.15) is 18.7 Å². The van der Waals surface area contributed by atoms with Crippen LogP contribution in [0, 0.1) is 18.3 Å². The molecule has 3 aromatic heterocycles. The van der Waals surface area contributed by atoms with Crippen LogP contribution in [-0.2, 0) is 0 Å². The number of hydrogen-bond donors (Lipinski definition) is 1. The minimum absolute atomic E-state index is 0.551. The van der Waals surface area contributed by atoms with Crippen molar-refractivity contribution in [1.82, 2.24) is 14.4 Å². The van der Waals surface area contributed by atoms with Gasteiger partial charge in [0, 0.05) is 18.9 Å². The second kappa shape index (κ2) is 5.58. The van der Waals surface area contributed by atoms with E-state index < -0.39 is 0 Å². The molecule has 21 heavy (non-hydrogen) atoms. The van der Waals surface area contributed by atoms with Crippen molar-refractivity contribution in [1.29, 1.82) is 0 Å². The van der Waals surface area contributed by atoms with Crippen LogP contribution in [0.3, 0.4) is 0 Å². The molecule has 0 radical (unpaired) electrons. The van der Waals surface area contributed by atoms with Gasteiger partial charge in [0.25, 0.3) is 0 Å². The molecule has 0 aliphatic carbocycles. The highest BCUT2D eigenvalue weighted by molar-refractivity contribution is 7.16. The van der Waals surface area contributed by atoms with Crippen LogP contribution in [0.15, 0.2) is 30.7 Å². The Bertz CT molecular complexity index is 807. The summed E-state index contributed by atoms with van der Waals surface area (Å²) in [6, 6.07) is 3.98. The van der Waals surface area contributed by atoms with Crippen LogP contribution >= 0.6 is 11.3 Å². The molecule has 1 N–H and O–H groups in total. The Morgan fingerprint density at radius 1 is 1.43 bits per heavy atom. The molecule has 0 spiro atoms. The molecule has 0 saturated heterocycles. The highest BCUT2D eigenvalue weighted by Gasteiger charge is 2.15. The second-order valence-corrected chi connectivity index (χ2v) is 6.28. The summed E-state index contributed by atoms with van der Waals surface area (Å²) >= 11 is 1.58. The van der Waals surface area contributed by atoms with E-state index in [1.807, 2.05) is 22.7 Å². The van der Waals surface area contributed by atoms with Gasteiger partial charge in [-0.15, -0.1) is 17.8 Å². The fourth-order valence-electron chi connectivity index (χ4n) is 2.09. The van der Waals surface area contributed by atoms with Crippen LogP contribution in [0.4, 0.5) is 5.82 Å². The van der Waals surface area contributed by atoms with Crippen LogP contribution in [0.25, 0.3) is 16.2 Å². The Morgan fingerprint density at radius 2 is 2.29 bits per heavy atom. The number of nitrogens with one attached hydrogen (secondary N) is 1. The van der Waals surface area contributed by atoms with E-state index in [9.17, 15) is 0 Å². The lowest BCUT2D eigenvalue weighted by Gasteiger charge is -2.10. The SMILES string of the molecule is C#Cc1ccc(-c2nc3cnccn3c2NCC(C)C)s1. The molecule has 0 aliphatic rings. The molecule has 0 bridgehead atoms. The van der Waals surface area contributed by atoms with Gasteiger partial charge in [-0.05, 0) is 18.1 Å². The first-order valence-corrected chi connectivity index (χ1v) is 7.63. The van der Waals surface area contributed by atoms with E-state index in [0.29, 0.717) is 5.92 Å². The normalized spacial score (nSPS) is 11.0. The van der Waals surface area contributed by atoms with Gasteiger partial charge in [0.05, 0.1) is 16.0 Å². The molecule has 0 unspecified atom stereocenters. The zero-order valence-electron chi connectivity index (χ0n) is 12.0. The Balaban J connectivity index is 2.11. The maximum Gasteiger partial charge on any atom is 0.157 e. The van der Waals surface area contributed by atoms with E-state index in [1.54, 1.807) is 23.7 Å². The number of rotatable bonds is 4. The summed E-state index contributed by atoms with van der Waals surface area (Å²) in [7, 11) is 0. The number of hydrogen-bond acceptors (Lipinski definition) is 4. The number of terminal acetylenes is 1. The fourth-order valence-corrected chi connectivity index (χ4v) is 2.90. The van der Waals surface area contributed by atoms with Gasteiger partial charge in [-0.1, -0.05) is 19.8 Å². The number of nitrogens with zero attached hydrogens (tertiary/aromatic N) is 3. The van der Waals surface area contributed by atoms with Crippen LogP contribution in [-0.4, -0.2) is 20.9 Å². The van der Waals surface area contributed by atoms with E-state index in [1.165, 1.54) is 0 Å². The van der Waals surface area contributed by atoms with Crippen molar-refractivity contribution in [3.63, 3.8) is 0 Å². The fraction of sp³-hybridized carbons (Fsp3) is 0.250. The van der Waals surface area contributed by atoms with Gasteiger partial charge in [-0.25, -0.2) is 4.98 Å². The molecule has 3 rings (SSSR count). The molecule has 3 heterocycles. The Kier molecular flexibility index (Phi) is 3.63. The predicted octanol–water partition coefficient (Wildman–Crippen LogP) is 3.51. The van der Waals surface area contributed by atoms with Gasteiger partial charge in [-0.2, -0.15) is 0 Å². The maximum absolute atomic E-state index is 5.46. The summed E-state index contributed by atoms with van der Waals surface area (Å²) < 4.78 is 2.03. The first-order chi connectivity index (χ1) is 10.2. The quantitative estimate of drug-likeness (QED) is 0.749. The second-order valence-electron chi connectivity index (χ2n) is 5.20. The number of fused-ring (bicyclic) bond motifs is 1. The first kappa shape index (κ1) is 13.7. The van der Waals surface area contributed by atoms with Gasteiger partial charge in [0.15, 0.2) is 5.65 Å². The molecule has 5 heteroatoms. The molecule has 3 aromatic rings. The summed E-state index contributed by atoms with van der Waals surface area (Å²) in [4.78, 5) is 10.8. The van der Waals surface area contributed by atoms with Gasteiger partial charge in [0.2, 0.25) is 0 Å². The third-order valence-corrected chi connectivity index (χ3v) is 4.11. The van der Waals surface area contributed by atoms with Crippen molar-refractivity contribution in [2.45, 2.75) is 13.8 Å². The molecule has 4 nitrogen and oxygen atoms in total. The van der Waals surface area contributed by atoms with Gasteiger partial charge in [-0.3, -0.25) is 9.38 Å². The van der Waals surface area contributed by atoms with Crippen LogP contribution in [0.2, 0.25) is 0 Å². The monoisotopic (exact) mass is 296 g/mol. The smallest absolute Gasteiger partial charge is 0.157 e. The van der Waals surface area contributed by atoms with Crippen molar-refractivity contribution < 1.29 is 0 Å². The van der Waals surface area contributed by atoms with Gasteiger partial charge < -0.3 is 5.32 Å². The lowest BCUT2D eigenvalue weighted by Crippen LogP contribution is -2.10. The minimum Gasteiger partial charge on any atom is -0.369 e.